The molecule has 1 aliphatic carbocycles. The molecule has 1 aliphatic rings. The lowest BCUT2D eigenvalue weighted by molar-refractivity contribution is 0.240. The Hall–Kier alpha value is -1.99. The van der Waals surface area contributed by atoms with Crippen LogP contribution in [-0.4, -0.2) is 23.8 Å². The van der Waals surface area contributed by atoms with Crippen molar-refractivity contribution in [1.82, 2.24) is 5.32 Å². The molecule has 4 heteroatoms. The lowest BCUT2D eigenvalue weighted by atomic mass is 9.93. The second-order valence-corrected chi connectivity index (χ2v) is 4.72. The predicted octanol–water partition coefficient (Wildman–Crippen LogP) is 2.01. The number of rotatable bonds is 2. The maximum atomic E-state index is 11.7. The average molecular weight is 258 g/mol. The molecule has 1 aromatic carbocycles. The Balaban J connectivity index is 2.01. The summed E-state index contributed by atoms with van der Waals surface area (Å²) in [6.07, 6.45) is 3.32. The van der Waals surface area contributed by atoms with E-state index in [1.807, 2.05) is 25.1 Å². The minimum atomic E-state index is -0.172. The van der Waals surface area contributed by atoms with Crippen molar-refractivity contribution in [2.45, 2.75) is 32.2 Å². The van der Waals surface area contributed by atoms with Crippen LogP contribution in [0, 0.1) is 18.8 Å². The van der Waals surface area contributed by atoms with Crippen molar-refractivity contribution >= 4 is 11.7 Å². The quantitative estimate of drug-likeness (QED) is 0.711. The second kappa shape index (κ2) is 6.26. The number of nitrogens with one attached hydrogen (secondary N) is 2. The van der Waals surface area contributed by atoms with Crippen LogP contribution >= 0.6 is 0 Å². The van der Waals surface area contributed by atoms with E-state index in [0.29, 0.717) is 11.7 Å². The molecule has 1 saturated carbocycles. The molecule has 100 valence electrons. The van der Waals surface area contributed by atoms with E-state index in [1.165, 1.54) is 6.42 Å². The third-order valence-electron chi connectivity index (χ3n) is 3.24. The maximum Gasteiger partial charge on any atom is 0.319 e. The van der Waals surface area contributed by atoms with Gasteiger partial charge in [0.15, 0.2) is 0 Å². The number of anilines is 1. The fourth-order valence-electron chi connectivity index (χ4n) is 1.87. The molecule has 0 unspecified atom stereocenters. The molecule has 1 aromatic rings. The van der Waals surface area contributed by atoms with Crippen molar-refractivity contribution in [3.63, 3.8) is 0 Å². The van der Waals surface area contributed by atoms with Crippen LogP contribution in [0.15, 0.2) is 18.2 Å². The largest absolute Gasteiger partial charge is 0.384 e. The summed E-state index contributed by atoms with van der Waals surface area (Å²) >= 11 is 0. The van der Waals surface area contributed by atoms with Crippen molar-refractivity contribution in [1.29, 1.82) is 0 Å². The zero-order valence-electron chi connectivity index (χ0n) is 11.0. The van der Waals surface area contributed by atoms with Crippen LogP contribution in [0.25, 0.3) is 0 Å². The van der Waals surface area contributed by atoms with Gasteiger partial charge in [0.2, 0.25) is 0 Å². The first-order valence-corrected chi connectivity index (χ1v) is 6.47. The Kier molecular flexibility index (Phi) is 4.43. The van der Waals surface area contributed by atoms with Crippen LogP contribution in [0.1, 0.15) is 30.4 Å². The number of hydrogen-bond acceptors (Lipinski definition) is 2. The van der Waals surface area contributed by atoms with Gasteiger partial charge in [-0.3, -0.25) is 0 Å². The number of aliphatic hydroxyl groups is 1. The number of aryl methyl sites for hydroxylation is 1. The van der Waals surface area contributed by atoms with Crippen LogP contribution in [0.5, 0.6) is 0 Å². The van der Waals surface area contributed by atoms with Crippen LogP contribution < -0.4 is 10.6 Å². The van der Waals surface area contributed by atoms with Gasteiger partial charge in [-0.05, 0) is 43.9 Å². The van der Waals surface area contributed by atoms with E-state index in [0.717, 1.165) is 24.0 Å². The van der Waals surface area contributed by atoms with Crippen LogP contribution in [0.2, 0.25) is 0 Å². The minimum Gasteiger partial charge on any atom is -0.384 e. The summed E-state index contributed by atoms with van der Waals surface area (Å²) in [4.78, 5) is 11.7. The molecule has 0 aliphatic heterocycles. The molecule has 0 heterocycles. The number of urea groups is 1. The summed E-state index contributed by atoms with van der Waals surface area (Å²) in [7, 11) is 0. The Morgan fingerprint density at radius 1 is 1.47 bits per heavy atom. The monoisotopic (exact) mass is 258 g/mol. The van der Waals surface area contributed by atoms with Gasteiger partial charge in [-0.25, -0.2) is 4.79 Å². The summed E-state index contributed by atoms with van der Waals surface area (Å²) in [6, 6.07) is 5.71. The highest BCUT2D eigenvalue weighted by Crippen LogP contribution is 2.18. The summed E-state index contributed by atoms with van der Waals surface area (Å²) < 4.78 is 0. The van der Waals surface area contributed by atoms with Gasteiger partial charge in [0, 0.05) is 17.3 Å². The molecule has 0 radical (unpaired) electrons. The molecular formula is C15H18N2O2. The Labute approximate surface area is 113 Å². The van der Waals surface area contributed by atoms with Crippen molar-refractivity contribution in [2.24, 2.45) is 0 Å². The molecule has 1 fully saturated rings. The SMILES string of the molecule is Cc1ccc(NC(=O)NC2CCC2)cc1C#CCO. The smallest absolute Gasteiger partial charge is 0.319 e. The van der Waals surface area contributed by atoms with Gasteiger partial charge in [-0.2, -0.15) is 0 Å². The lowest BCUT2D eigenvalue weighted by Crippen LogP contribution is -2.41. The highest BCUT2D eigenvalue weighted by molar-refractivity contribution is 5.89. The van der Waals surface area contributed by atoms with Crippen LogP contribution in [-0.2, 0) is 0 Å². The van der Waals surface area contributed by atoms with Gasteiger partial charge in [-0.15, -0.1) is 0 Å². The van der Waals surface area contributed by atoms with Gasteiger partial charge < -0.3 is 15.7 Å². The lowest BCUT2D eigenvalue weighted by Gasteiger charge is -2.26. The summed E-state index contributed by atoms with van der Waals surface area (Å²) in [5, 5.41) is 14.4. The standard InChI is InChI=1S/C15H18N2O2/c1-11-7-8-14(10-12(11)4-3-9-18)17-15(19)16-13-5-2-6-13/h7-8,10,13,18H,2,5-6,9H2,1H3,(H2,16,17,19). The van der Waals surface area contributed by atoms with Crippen molar-refractivity contribution in [2.75, 3.05) is 11.9 Å². The number of carbonyl (C=O) groups excluding carboxylic acids is 1. The topological polar surface area (TPSA) is 61.4 Å². The number of hydrogen-bond donors (Lipinski definition) is 3. The van der Waals surface area contributed by atoms with Crippen LogP contribution in [0.4, 0.5) is 10.5 Å². The van der Waals surface area contributed by atoms with E-state index in [1.54, 1.807) is 0 Å². The fourth-order valence-corrected chi connectivity index (χ4v) is 1.87. The molecule has 0 aromatic heterocycles. The molecule has 19 heavy (non-hydrogen) atoms. The normalized spacial score (nSPS) is 14.0. The molecule has 0 bridgehead atoms. The van der Waals surface area contributed by atoms with Crippen molar-refractivity contribution in [3.8, 4) is 11.8 Å². The Morgan fingerprint density at radius 2 is 2.26 bits per heavy atom. The second-order valence-electron chi connectivity index (χ2n) is 4.72. The van der Waals surface area contributed by atoms with Gasteiger partial charge in [-0.1, -0.05) is 17.9 Å². The Bertz CT molecular complexity index is 525. The highest BCUT2D eigenvalue weighted by atomic mass is 16.2. The van der Waals surface area contributed by atoms with E-state index < -0.39 is 0 Å². The molecular weight excluding hydrogens is 240 g/mol. The van der Waals surface area contributed by atoms with E-state index in [4.69, 9.17) is 5.11 Å². The summed E-state index contributed by atoms with van der Waals surface area (Å²) in [5.41, 5.74) is 2.55. The van der Waals surface area contributed by atoms with E-state index >= 15 is 0 Å². The van der Waals surface area contributed by atoms with Crippen LogP contribution in [0.3, 0.4) is 0 Å². The van der Waals surface area contributed by atoms with Gasteiger partial charge in [0.05, 0.1) is 0 Å². The van der Waals surface area contributed by atoms with Gasteiger partial charge >= 0.3 is 6.03 Å². The highest BCUT2D eigenvalue weighted by Gasteiger charge is 2.19. The number of amides is 2. The first-order chi connectivity index (χ1) is 9.19. The first kappa shape index (κ1) is 13.4. The predicted molar refractivity (Wildman–Crippen MR) is 74.9 cm³/mol. The molecule has 2 amide bonds. The molecule has 0 saturated heterocycles. The van der Waals surface area contributed by atoms with Gasteiger partial charge in [0.1, 0.15) is 6.61 Å². The molecule has 2 rings (SSSR count). The summed E-state index contributed by atoms with van der Waals surface area (Å²) in [6.45, 7) is 1.78. The number of aliphatic hydroxyl groups excluding tert-OH is 1. The third-order valence-corrected chi connectivity index (χ3v) is 3.24. The Morgan fingerprint density at radius 3 is 2.89 bits per heavy atom. The first-order valence-electron chi connectivity index (χ1n) is 6.47. The molecule has 4 nitrogen and oxygen atoms in total. The third kappa shape index (κ3) is 3.73. The average Bonchev–Trinajstić information content (AvgIpc) is 2.34. The summed E-state index contributed by atoms with van der Waals surface area (Å²) in [5.74, 6) is 5.48. The zero-order valence-corrected chi connectivity index (χ0v) is 11.0. The van der Waals surface area contributed by atoms with Gasteiger partial charge in [0.25, 0.3) is 0 Å². The maximum absolute atomic E-state index is 11.7. The zero-order chi connectivity index (χ0) is 13.7. The molecule has 0 spiro atoms. The molecule has 0 atom stereocenters. The number of carbonyl (C=O) groups is 1. The van der Waals surface area contributed by atoms with Crippen molar-refractivity contribution < 1.29 is 9.90 Å². The number of benzene rings is 1. The minimum absolute atomic E-state index is 0.167. The molecule has 3 N–H and O–H groups in total. The van der Waals surface area contributed by atoms with E-state index in [2.05, 4.69) is 22.5 Å². The van der Waals surface area contributed by atoms with E-state index in [-0.39, 0.29) is 12.6 Å². The van der Waals surface area contributed by atoms with E-state index in [9.17, 15) is 4.79 Å². The van der Waals surface area contributed by atoms with Crippen molar-refractivity contribution in [3.05, 3.63) is 29.3 Å². The fraction of sp³-hybridized carbons (Fsp3) is 0.400.